The van der Waals surface area contributed by atoms with Gasteiger partial charge in [-0.2, -0.15) is 0 Å². The molecule has 0 nitrogen and oxygen atoms in total. The highest BCUT2D eigenvalue weighted by molar-refractivity contribution is 5.31. The Morgan fingerprint density at radius 2 is 1.75 bits per heavy atom. The Kier molecular flexibility index (Phi) is 14.8. The van der Waals surface area contributed by atoms with Crippen molar-refractivity contribution in [3.63, 3.8) is 0 Å². The number of hydrogen-bond donors (Lipinski definition) is 0. The second-order valence-electron chi connectivity index (χ2n) is 1.89. The van der Waals surface area contributed by atoms with Gasteiger partial charge in [0.25, 0.3) is 0 Å². The maximum absolute atomic E-state index is 3.66. The molecule has 1 aliphatic carbocycles. The molecule has 0 unspecified atom stereocenters. The Morgan fingerprint density at radius 1 is 1.17 bits per heavy atom. The summed E-state index contributed by atoms with van der Waals surface area (Å²) in [4.78, 5) is 0. The highest BCUT2D eigenvalue weighted by Gasteiger charge is 1.88. The first kappa shape index (κ1) is 13.8. The lowest BCUT2D eigenvalue weighted by Crippen LogP contribution is -1.77. The standard InChI is InChI=1S/C8H10.2C2H6/c1-2-8-6-4-3-5-7-8;2*1-2/h2,4,6-7H,1,3,5H2;2*1-2H3. The van der Waals surface area contributed by atoms with Crippen LogP contribution in [0, 0.1) is 0 Å². The summed E-state index contributed by atoms with van der Waals surface area (Å²) in [6.07, 6.45) is 10.7. The lowest BCUT2D eigenvalue weighted by Gasteiger charge is -1.98. The van der Waals surface area contributed by atoms with Gasteiger partial charge in [-0.1, -0.05) is 58.6 Å². The van der Waals surface area contributed by atoms with Crippen molar-refractivity contribution in [2.45, 2.75) is 40.5 Å². The van der Waals surface area contributed by atoms with Crippen LogP contribution < -0.4 is 0 Å². The topological polar surface area (TPSA) is 0 Å². The van der Waals surface area contributed by atoms with E-state index in [-0.39, 0.29) is 0 Å². The van der Waals surface area contributed by atoms with Gasteiger partial charge in [0, 0.05) is 0 Å². The van der Waals surface area contributed by atoms with E-state index >= 15 is 0 Å². The van der Waals surface area contributed by atoms with Crippen molar-refractivity contribution in [3.05, 3.63) is 36.5 Å². The van der Waals surface area contributed by atoms with Gasteiger partial charge in [-0.05, 0) is 18.4 Å². The fraction of sp³-hybridized carbons (Fsp3) is 0.500. The number of hydrogen-bond acceptors (Lipinski definition) is 0. The Morgan fingerprint density at radius 3 is 2.00 bits per heavy atom. The normalized spacial score (nSPS) is 12.8. The molecular formula is C12H22. The fourth-order valence-electron chi connectivity index (χ4n) is 0.785. The number of allylic oxidation sites excluding steroid dienone is 5. The monoisotopic (exact) mass is 166 g/mol. The van der Waals surface area contributed by atoms with Gasteiger partial charge >= 0.3 is 0 Å². The summed E-state index contributed by atoms with van der Waals surface area (Å²) in [5, 5.41) is 0. The quantitative estimate of drug-likeness (QED) is 0.538. The molecule has 0 aliphatic heterocycles. The van der Waals surface area contributed by atoms with Crippen LogP contribution in [0.3, 0.4) is 0 Å². The molecule has 1 aliphatic rings. The molecule has 0 bridgehead atoms. The molecule has 0 aromatic rings. The minimum absolute atomic E-state index is 1.18. The minimum Gasteiger partial charge on any atom is -0.0985 e. The van der Waals surface area contributed by atoms with Crippen LogP contribution in [-0.2, 0) is 0 Å². The van der Waals surface area contributed by atoms with Gasteiger partial charge in [0.1, 0.15) is 0 Å². The van der Waals surface area contributed by atoms with Crippen molar-refractivity contribution in [1.82, 2.24) is 0 Å². The van der Waals surface area contributed by atoms with E-state index in [1.54, 1.807) is 0 Å². The van der Waals surface area contributed by atoms with Gasteiger partial charge in [0.2, 0.25) is 0 Å². The van der Waals surface area contributed by atoms with E-state index in [0.717, 1.165) is 0 Å². The van der Waals surface area contributed by atoms with Crippen molar-refractivity contribution in [3.8, 4) is 0 Å². The van der Waals surface area contributed by atoms with Gasteiger partial charge in [0.05, 0.1) is 0 Å². The van der Waals surface area contributed by atoms with Crippen LogP contribution in [0.15, 0.2) is 36.5 Å². The van der Waals surface area contributed by atoms with Crippen LogP contribution in [0.5, 0.6) is 0 Å². The van der Waals surface area contributed by atoms with E-state index < -0.39 is 0 Å². The SMILES string of the molecule is C=CC1=CCCC=C1.CC.CC. The van der Waals surface area contributed by atoms with Crippen LogP contribution in [-0.4, -0.2) is 0 Å². The maximum Gasteiger partial charge on any atom is -0.0306 e. The number of rotatable bonds is 1. The first-order valence-electron chi connectivity index (χ1n) is 4.92. The average Bonchev–Trinajstić information content (AvgIpc) is 2.25. The second kappa shape index (κ2) is 12.9. The molecule has 0 aromatic carbocycles. The molecule has 0 spiro atoms. The van der Waals surface area contributed by atoms with E-state index in [2.05, 4.69) is 24.8 Å². The van der Waals surface area contributed by atoms with E-state index in [0.29, 0.717) is 0 Å². The first-order chi connectivity index (χ1) is 5.93. The second-order valence-corrected chi connectivity index (χ2v) is 1.89. The molecule has 0 aromatic heterocycles. The molecule has 0 amide bonds. The molecule has 0 heterocycles. The average molecular weight is 166 g/mol. The third kappa shape index (κ3) is 7.33. The Labute approximate surface area is 77.7 Å². The van der Waals surface area contributed by atoms with E-state index in [1.807, 2.05) is 33.8 Å². The van der Waals surface area contributed by atoms with Crippen LogP contribution in [0.1, 0.15) is 40.5 Å². The van der Waals surface area contributed by atoms with Crippen molar-refractivity contribution in [2.75, 3.05) is 0 Å². The Hall–Kier alpha value is -0.780. The highest BCUT2D eigenvalue weighted by atomic mass is 13.9. The minimum atomic E-state index is 1.18. The van der Waals surface area contributed by atoms with Crippen molar-refractivity contribution in [1.29, 1.82) is 0 Å². The molecule has 0 saturated heterocycles. The molecule has 12 heavy (non-hydrogen) atoms. The first-order valence-corrected chi connectivity index (χ1v) is 4.92. The van der Waals surface area contributed by atoms with Gasteiger partial charge in [0.15, 0.2) is 0 Å². The van der Waals surface area contributed by atoms with Gasteiger partial charge < -0.3 is 0 Å². The molecule has 0 saturated carbocycles. The maximum atomic E-state index is 3.66. The molecule has 0 heteroatoms. The largest absolute Gasteiger partial charge is 0.0985 e. The zero-order valence-corrected chi connectivity index (χ0v) is 8.93. The Bertz CT molecular complexity index is 138. The lowest BCUT2D eigenvalue weighted by atomic mass is 10.1. The van der Waals surface area contributed by atoms with E-state index in [4.69, 9.17) is 0 Å². The van der Waals surface area contributed by atoms with E-state index in [9.17, 15) is 0 Å². The summed E-state index contributed by atoms with van der Waals surface area (Å²) in [6.45, 7) is 11.7. The third-order valence-electron chi connectivity index (χ3n) is 1.26. The van der Waals surface area contributed by atoms with Gasteiger partial charge in [-0.25, -0.2) is 0 Å². The van der Waals surface area contributed by atoms with Crippen LogP contribution in [0.25, 0.3) is 0 Å². The summed E-state index contributed by atoms with van der Waals surface area (Å²) in [6, 6.07) is 0. The van der Waals surface area contributed by atoms with Gasteiger partial charge in [-0.3, -0.25) is 0 Å². The van der Waals surface area contributed by atoms with Crippen molar-refractivity contribution in [2.24, 2.45) is 0 Å². The molecule has 0 atom stereocenters. The lowest BCUT2D eigenvalue weighted by molar-refractivity contribution is 1.03. The predicted molar refractivity (Wildman–Crippen MR) is 59.4 cm³/mol. The summed E-state index contributed by atoms with van der Waals surface area (Å²) >= 11 is 0. The summed E-state index contributed by atoms with van der Waals surface area (Å²) in [5.41, 5.74) is 1.26. The molecule has 70 valence electrons. The smallest absolute Gasteiger partial charge is 0.0306 e. The van der Waals surface area contributed by atoms with Crippen LogP contribution in [0.4, 0.5) is 0 Å². The predicted octanol–water partition coefficient (Wildman–Crippen LogP) is 4.50. The Balaban J connectivity index is 0. The third-order valence-corrected chi connectivity index (χ3v) is 1.26. The van der Waals surface area contributed by atoms with Crippen LogP contribution >= 0.6 is 0 Å². The molecule has 1 rings (SSSR count). The van der Waals surface area contributed by atoms with Gasteiger partial charge in [-0.15, -0.1) is 0 Å². The summed E-state index contributed by atoms with van der Waals surface area (Å²) in [5.74, 6) is 0. The molecule has 0 radical (unpaired) electrons. The van der Waals surface area contributed by atoms with Crippen LogP contribution in [0.2, 0.25) is 0 Å². The fourth-order valence-corrected chi connectivity index (χ4v) is 0.785. The molecule has 0 fully saturated rings. The zero-order chi connectivity index (χ0) is 9.82. The molecule has 0 N–H and O–H groups in total. The summed E-state index contributed by atoms with van der Waals surface area (Å²) < 4.78 is 0. The van der Waals surface area contributed by atoms with Crippen molar-refractivity contribution < 1.29 is 0 Å². The van der Waals surface area contributed by atoms with E-state index in [1.165, 1.54) is 18.4 Å². The molecular weight excluding hydrogens is 144 g/mol. The summed E-state index contributed by atoms with van der Waals surface area (Å²) in [7, 11) is 0. The highest BCUT2D eigenvalue weighted by Crippen LogP contribution is 2.08. The van der Waals surface area contributed by atoms with Crippen molar-refractivity contribution >= 4 is 0 Å². The zero-order valence-electron chi connectivity index (χ0n) is 8.93.